The lowest BCUT2D eigenvalue weighted by Crippen LogP contribution is -2.23. The zero-order chi connectivity index (χ0) is 14.4. The van der Waals surface area contributed by atoms with Gasteiger partial charge in [-0.25, -0.2) is 0 Å². The minimum absolute atomic E-state index is 0.0243. The predicted octanol–water partition coefficient (Wildman–Crippen LogP) is 3.65. The maximum Gasteiger partial charge on any atom is 0.0885 e. The molecule has 0 aliphatic carbocycles. The summed E-state index contributed by atoms with van der Waals surface area (Å²) >= 11 is 4.70. The maximum atomic E-state index is 9.79. The Kier molecular flexibility index (Phi) is 5.65. The third kappa shape index (κ3) is 3.42. The van der Waals surface area contributed by atoms with E-state index in [1.165, 1.54) is 0 Å². The van der Waals surface area contributed by atoms with E-state index in [2.05, 4.69) is 0 Å². The van der Waals surface area contributed by atoms with Crippen molar-refractivity contribution in [2.75, 3.05) is 13.7 Å². The van der Waals surface area contributed by atoms with E-state index in [4.69, 9.17) is 17.4 Å². The Bertz CT molecular complexity index is 501. The molecule has 0 aromatic heterocycles. The first kappa shape index (κ1) is 15.1. The number of hydrogen-bond acceptors (Lipinski definition) is 3. The molecule has 3 heteroatoms. The fourth-order valence-electron chi connectivity index (χ4n) is 2.46. The van der Waals surface area contributed by atoms with Gasteiger partial charge < -0.3 is 9.84 Å². The van der Waals surface area contributed by atoms with Crippen LogP contribution >= 0.6 is 12.6 Å². The van der Waals surface area contributed by atoms with Gasteiger partial charge in [-0.05, 0) is 11.1 Å². The van der Waals surface area contributed by atoms with Gasteiger partial charge in [-0.2, -0.15) is 12.6 Å². The SMILES string of the molecule is CO[C@@H](c1ccccc1)C(CO)C(S)c1ccccc1. The van der Waals surface area contributed by atoms with Crippen molar-refractivity contribution in [3.63, 3.8) is 0 Å². The Balaban J connectivity index is 2.26. The standard InChI is InChI=1S/C17H20O2S/c1-19-16(13-8-4-2-5-9-13)15(12-18)17(20)14-10-6-3-7-11-14/h2-11,15-18,20H,12H2,1H3/t15?,16-,17?/m0/s1. The Morgan fingerprint density at radius 1 is 0.950 bits per heavy atom. The average molecular weight is 288 g/mol. The second kappa shape index (κ2) is 7.48. The molecule has 0 fully saturated rings. The number of hydrogen-bond donors (Lipinski definition) is 2. The third-order valence-corrected chi connectivity index (χ3v) is 4.21. The van der Waals surface area contributed by atoms with Gasteiger partial charge in [0.1, 0.15) is 0 Å². The molecule has 2 rings (SSSR count). The molecule has 0 heterocycles. The van der Waals surface area contributed by atoms with Gasteiger partial charge in [-0.15, -0.1) is 0 Å². The lowest BCUT2D eigenvalue weighted by atomic mass is 9.89. The summed E-state index contributed by atoms with van der Waals surface area (Å²) in [4.78, 5) is 0. The number of aliphatic hydroxyl groups is 1. The number of aliphatic hydroxyl groups excluding tert-OH is 1. The molecule has 0 amide bonds. The lowest BCUT2D eigenvalue weighted by Gasteiger charge is -2.29. The summed E-state index contributed by atoms with van der Waals surface area (Å²) in [5, 5.41) is 9.71. The second-order valence-corrected chi connectivity index (χ2v) is 5.33. The summed E-state index contributed by atoms with van der Waals surface area (Å²) in [6.45, 7) is 0.0243. The van der Waals surface area contributed by atoms with Gasteiger partial charge in [0, 0.05) is 18.3 Å². The van der Waals surface area contributed by atoms with Gasteiger partial charge in [0.05, 0.1) is 12.7 Å². The lowest BCUT2D eigenvalue weighted by molar-refractivity contribution is 0.0239. The van der Waals surface area contributed by atoms with E-state index in [9.17, 15) is 5.11 Å². The molecule has 2 aromatic carbocycles. The van der Waals surface area contributed by atoms with Crippen LogP contribution in [0.15, 0.2) is 60.7 Å². The van der Waals surface area contributed by atoms with E-state index in [0.29, 0.717) is 0 Å². The molecule has 0 aliphatic heterocycles. The highest BCUT2D eigenvalue weighted by Gasteiger charge is 2.29. The molecule has 0 radical (unpaired) electrons. The molecule has 20 heavy (non-hydrogen) atoms. The van der Waals surface area contributed by atoms with Crippen molar-refractivity contribution in [1.29, 1.82) is 0 Å². The average Bonchev–Trinajstić information content (AvgIpc) is 2.53. The highest BCUT2D eigenvalue weighted by molar-refractivity contribution is 7.80. The normalized spacial score (nSPS) is 15.6. The monoisotopic (exact) mass is 288 g/mol. The molecule has 106 valence electrons. The van der Waals surface area contributed by atoms with E-state index in [1.807, 2.05) is 60.7 Å². The van der Waals surface area contributed by atoms with Crippen molar-refractivity contribution in [2.45, 2.75) is 11.4 Å². The molecule has 0 saturated carbocycles. The molecule has 2 aromatic rings. The van der Waals surface area contributed by atoms with E-state index in [0.717, 1.165) is 11.1 Å². The molecular formula is C17H20O2S. The molecule has 0 spiro atoms. The first-order chi connectivity index (χ1) is 9.77. The number of rotatable bonds is 6. The molecular weight excluding hydrogens is 268 g/mol. The largest absolute Gasteiger partial charge is 0.396 e. The minimum atomic E-state index is -0.177. The van der Waals surface area contributed by atoms with E-state index < -0.39 is 0 Å². The zero-order valence-electron chi connectivity index (χ0n) is 11.5. The first-order valence-electron chi connectivity index (χ1n) is 6.69. The van der Waals surface area contributed by atoms with Crippen molar-refractivity contribution in [3.05, 3.63) is 71.8 Å². The van der Waals surface area contributed by atoms with E-state index >= 15 is 0 Å². The smallest absolute Gasteiger partial charge is 0.0885 e. The Morgan fingerprint density at radius 2 is 1.45 bits per heavy atom. The van der Waals surface area contributed by atoms with Gasteiger partial charge in [0.15, 0.2) is 0 Å². The van der Waals surface area contributed by atoms with Gasteiger partial charge in [-0.3, -0.25) is 0 Å². The fraction of sp³-hybridized carbons (Fsp3) is 0.294. The summed E-state index contributed by atoms with van der Waals surface area (Å²) in [6.07, 6.45) is -0.177. The summed E-state index contributed by atoms with van der Waals surface area (Å²) < 4.78 is 5.62. The summed E-state index contributed by atoms with van der Waals surface area (Å²) in [7, 11) is 1.67. The van der Waals surface area contributed by atoms with Crippen LogP contribution in [-0.2, 0) is 4.74 Å². The summed E-state index contributed by atoms with van der Waals surface area (Å²) in [6, 6.07) is 20.0. The van der Waals surface area contributed by atoms with Crippen molar-refractivity contribution < 1.29 is 9.84 Å². The predicted molar refractivity (Wildman–Crippen MR) is 84.9 cm³/mol. The summed E-state index contributed by atoms with van der Waals surface area (Å²) in [5.41, 5.74) is 2.15. The van der Waals surface area contributed by atoms with Crippen LogP contribution < -0.4 is 0 Å². The summed E-state index contributed by atoms with van der Waals surface area (Å²) in [5.74, 6) is -0.104. The molecule has 0 aliphatic rings. The number of benzene rings is 2. The van der Waals surface area contributed by atoms with Crippen LogP contribution in [0.25, 0.3) is 0 Å². The highest BCUT2D eigenvalue weighted by atomic mass is 32.1. The first-order valence-corrected chi connectivity index (χ1v) is 7.21. The van der Waals surface area contributed by atoms with E-state index in [-0.39, 0.29) is 23.9 Å². The Hall–Kier alpha value is -1.29. The Morgan fingerprint density at radius 3 is 1.90 bits per heavy atom. The molecule has 1 N–H and O–H groups in total. The Labute approximate surface area is 125 Å². The highest BCUT2D eigenvalue weighted by Crippen LogP contribution is 2.38. The van der Waals surface area contributed by atoms with Crippen LogP contribution in [0.3, 0.4) is 0 Å². The maximum absolute atomic E-state index is 9.79. The fourth-order valence-corrected chi connectivity index (χ4v) is 2.88. The molecule has 2 nitrogen and oxygen atoms in total. The topological polar surface area (TPSA) is 29.5 Å². The molecule has 3 atom stereocenters. The second-order valence-electron chi connectivity index (χ2n) is 4.77. The third-order valence-electron chi connectivity index (χ3n) is 3.53. The molecule has 0 bridgehead atoms. The number of methoxy groups -OCH3 is 1. The van der Waals surface area contributed by atoms with Crippen LogP contribution in [-0.4, -0.2) is 18.8 Å². The molecule has 2 unspecified atom stereocenters. The van der Waals surface area contributed by atoms with Gasteiger partial charge in [0.25, 0.3) is 0 Å². The van der Waals surface area contributed by atoms with Crippen LogP contribution in [0.4, 0.5) is 0 Å². The van der Waals surface area contributed by atoms with Crippen LogP contribution in [0, 0.1) is 5.92 Å². The van der Waals surface area contributed by atoms with Crippen molar-refractivity contribution in [2.24, 2.45) is 5.92 Å². The number of thiol groups is 1. The minimum Gasteiger partial charge on any atom is -0.396 e. The van der Waals surface area contributed by atoms with Crippen molar-refractivity contribution >= 4 is 12.6 Å². The van der Waals surface area contributed by atoms with Crippen LogP contribution in [0.1, 0.15) is 22.5 Å². The van der Waals surface area contributed by atoms with Crippen LogP contribution in [0.2, 0.25) is 0 Å². The van der Waals surface area contributed by atoms with Crippen molar-refractivity contribution in [3.8, 4) is 0 Å². The quantitative estimate of drug-likeness (QED) is 0.795. The van der Waals surface area contributed by atoms with E-state index in [1.54, 1.807) is 7.11 Å². The van der Waals surface area contributed by atoms with Gasteiger partial charge in [-0.1, -0.05) is 60.7 Å². The van der Waals surface area contributed by atoms with Crippen LogP contribution in [0.5, 0.6) is 0 Å². The molecule has 0 saturated heterocycles. The van der Waals surface area contributed by atoms with Gasteiger partial charge >= 0.3 is 0 Å². The van der Waals surface area contributed by atoms with Crippen molar-refractivity contribution in [1.82, 2.24) is 0 Å². The zero-order valence-corrected chi connectivity index (χ0v) is 12.4. The van der Waals surface area contributed by atoms with Gasteiger partial charge in [0.2, 0.25) is 0 Å². The number of ether oxygens (including phenoxy) is 1.